The van der Waals surface area contributed by atoms with Crippen molar-refractivity contribution >= 4 is 28.1 Å². The molecule has 0 bridgehead atoms. The van der Waals surface area contributed by atoms with Gasteiger partial charge in [0.2, 0.25) is 0 Å². The first kappa shape index (κ1) is 13.7. The Balaban J connectivity index is 2.54. The molecule has 3 N–H and O–H groups in total. The zero-order valence-electron chi connectivity index (χ0n) is 10.3. The van der Waals surface area contributed by atoms with Gasteiger partial charge in [-0.25, -0.2) is 0 Å². The van der Waals surface area contributed by atoms with Gasteiger partial charge in [-0.15, -0.1) is 11.3 Å². The Kier molecular flexibility index (Phi) is 3.94. The number of allylic oxidation sites excluding steroid dienone is 1. The highest BCUT2D eigenvalue weighted by molar-refractivity contribution is 8.17. The molecule has 19 heavy (non-hydrogen) atoms. The first-order valence-electron chi connectivity index (χ1n) is 5.76. The van der Waals surface area contributed by atoms with Crippen molar-refractivity contribution in [1.29, 1.82) is 15.9 Å². The number of rotatable bonds is 2. The van der Waals surface area contributed by atoms with Crippen LogP contribution in [-0.4, -0.2) is 5.04 Å². The molecule has 0 radical (unpaired) electrons. The molecule has 2 rings (SSSR count). The van der Waals surface area contributed by atoms with Gasteiger partial charge in [-0.2, -0.15) is 10.5 Å². The quantitative estimate of drug-likeness (QED) is 0.874. The van der Waals surface area contributed by atoms with Gasteiger partial charge in [0, 0.05) is 9.75 Å². The topological polar surface area (TPSA) is 97.4 Å². The van der Waals surface area contributed by atoms with Crippen LogP contribution in [0.2, 0.25) is 0 Å². The summed E-state index contributed by atoms with van der Waals surface area (Å²) in [4.78, 5) is 2.14. The van der Waals surface area contributed by atoms with Crippen LogP contribution in [0.25, 0.3) is 0 Å². The second-order valence-electron chi connectivity index (χ2n) is 4.10. The van der Waals surface area contributed by atoms with E-state index in [-0.39, 0.29) is 5.04 Å². The Hall–Kier alpha value is -1.76. The number of thioether (sulfide) groups is 1. The molecule has 0 spiro atoms. The second kappa shape index (κ2) is 5.48. The van der Waals surface area contributed by atoms with E-state index < -0.39 is 11.8 Å². The smallest absolute Gasteiger partial charge is 0.107 e. The lowest BCUT2D eigenvalue weighted by molar-refractivity contribution is 0.742. The SMILES string of the molecule is CCc1ccc([C@@H]2C(C#N)=C(N)SC(=N)[C@H]2C#N)s1. The van der Waals surface area contributed by atoms with E-state index >= 15 is 0 Å². The molecule has 0 saturated heterocycles. The van der Waals surface area contributed by atoms with E-state index in [0.717, 1.165) is 23.1 Å². The number of thiophene rings is 1. The summed E-state index contributed by atoms with van der Waals surface area (Å²) < 4.78 is 0. The van der Waals surface area contributed by atoms with Crippen LogP contribution in [0.3, 0.4) is 0 Å². The summed E-state index contributed by atoms with van der Waals surface area (Å²) in [6.45, 7) is 2.06. The summed E-state index contributed by atoms with van der Waals surface area (Å²) in [7, 11) is 0. The van der Waals surface area contributed by atoms with Crippen molar-refractivity contribution in [2.45, 2.75) is 19.3 Å². The lowest BCUT2D eigenvalue weighted by Crippen LogP contribution is -2.26. The zero-order valence-corrected chi connectivity index (χ0v) is 11.9. The third kappa shape index (κ3) is 2.37. The van der Waals surface area contributed by atoms with Gasteiger partial charge >= 0.3 is 0 Å². The maximum absolute atomic E-state index is 9.28. The van der Waals surface area contributed by atoms with Gasteiger partial charge < -0.3 is 5.73 Å². The Morgan fingerprint density at radius 1 is 1.42 bits per heavy atom. The van der Waals surface area contributed by atoms with Crippen LogP contribution in [0.5, 0.6) is 0 Å². The van der Waals surface area contributed by atoms with Crippen molar-refractivity contribution in [3.05, 3.63) is 32.5 Å². The molecule has 0 saturated carbocycles. The molecule has 0 unspecified atom stereocenters. The number of aryl methyl sites for hydroxylation is 1. The van der Waals surface area contributed by atoms with E-state index in [4.69, 9.17) is 11.1 Å². The Morgan fingerprint density at radius 3 is 2.68 bits per heavy atom. The molecule has 0 aliphatic carbocycles. The molecule has 2 heterocycles. The summed E-state index contributed by atoms with van der Waals surface area (Å²) in [6.07, 6.45) is 0.919. The zero-order chi connectivity index (χ0) is 14.0. The first-order chi connectivity index (χ1) is 9.12. The van der Waals surface area contributed by atoms with Gasteiger partial charge in [-0.1, -0.05) is 18.7 Å². The van der Waals surface area contributed by atoms with E-state index in [2.05, 4.69) is 19.1 Å². The molecule has 96 valence electrons. The van der Waals surface area contributed by atoms with Gasteiger partial charge in [-0.3, -0.25) is 5.41 Å². The minimum Gasteiger partial charge on any atom is -0.392 e. The van der Waals surface area contributed by atoms with Crippen molar-refractivity contribution in [3.8, 4) is 12.1 Å². The van der Waals surface area contributed by atoms with Gasteiger partial charge in [0.15, 0.2) is 0 Å². The molecule has 1 aromatic heterocycles. The van der Waals surface area contributed by atoms with Gasteiger partial charge in [0.1, 0.15) is 5.92 Å². The third-order valence-electron chi connectivity index (χ3n) is 3.01. The lowest BCUT2D eigenvalue weighted by atomic mass is 9.86. The minimum atomic E-state index is -0.615. The van der Waals surface area contributed by atoms with Crippen LogP contribution in [0.4, 0.5) is 0 Å². The molecular weight excluding hydrogens is 276 g/mol. The minimum absolute atomic E-state index is 0.218. The number of hydrogen-bond donors (Lipinski definition) is 2. The number of hydrogen-bond acceptors (Lipinski definition) is 6. The molecule has 1 aromatic rings. The predicted octanol–water partition coefficient (Wildman–Crippen LogP) is 2.95. The summed E-state index contributed by atoms with van der Waals surface area (Å²) in [5, 5.41) is 27.0. The van der Waals surface area contributed by atoms with Crippen molar-refractivity contribution in [3.63, 3.8) is 0 Å². The molecule has 4 nitrogen and oxygen atoms in total. The van der Waals surface area contributed by atoms with E-state index in [1.165, 1.54) is 4.88 Å². The van der Waals surface area contributed by atoms with E-state index in [0.29, 0.717) is 10.6 Å². The van der Waals surface area contributed by atoms with Crippen molar-refractivity contribution in [2.75, 3.05) is 0 Å². The first-order valence-corrected chi connectivity index (χ1v) is 7.39. The molecule has 2 atom stereocenters. The second-order valence-corrected chi connectivity index (χ2v) is 6.38. The summed E-state index contributed by atoms with van der Waals surface area (Å²) in [5.41, 5.74) is 6.25. The third-order valence-corrected chi connectivity index (χ3v) is 5.24. The van der Waals surface area contributed by atoms with Crippen molar-refractivity contribution in [1.82, 2.24) is 0 Å². The van der Waals surface area contributed by atoms with Crippen LogP contribution in [-0.2, 0) is 6.42 Å². The maximum Gasteiger partial charge on any atom is 0.107 e. The molecule has 0 fully saturated rings. The van der Waals surface area contributed by atoms with Crippen molar-refractivity contribution < 1.29 is 0 Å². The van der Waals surface area contributed by atoms with E-state index in [9.17, 15) is 10.5 Å². The monoisotopic (exact) mass is 288 g/mol. The van der Waals surface area contributed by atoms with Crippen LogP contribution < -0.4 is 5.73 Å². The largest absolute Gasteiger partial charge is 0.392 e. The molecule has 0 aromatic carbocycles. The highest BCUT2D eigenvalue weighted by Gasteiger charge is 2.37. The normalized spacial score (nSPS) is 23.0. The van der Waals surface area contributed by atoms with E-state index in [1.54, 1.807) is 11.3 Å². The van der Waals surface area contributed by atoms with Crippen molar-refractivity contribution in [2.24, 2.45) is 11.7 Å². The van der Waals surface area contributed by atoms with Crippen LogP contribution in [0, 0.1) is 34.0 Å². The molecule has 1 aliphatic heterocycles. The highest BCUT2D eigenvalue weighted by Crippen LogP contribution is 2.44. The molecule has 1 aliphatic rings. The Labute approximate surface area is 120 Å². The molecule has 0 amide bonds. The summed E-state index contributed by atoms with van der Waals surface area (Å²) in [5.74, 6) is -1.01. The number of nitrogens with one attached hydrogen (secondary N) is 1. The lowest BCUT2D eigenvalue weighted by Gasteiger charge is -2.26. The summed E-state index contributed by atoms with van der Waals surface area (Å²) >= 11 is 2.60. The van der Waals surface area contributed by atoms with Gasteiger partial charge in [-0.05, 0) is 18.6 Å². The van der Waals surface area contributed by atoms with Gasteiger partial charge in [0.05, 0.1) is 33.7 Å². The predicted molar refractivity (Wildman–Crippen MR) is 77.7 cm³/mol. The Bertz CT molecular complexity index is 630. The number of nitriles is 2. The molecular formula is C13H12N4S2. The standard InChI is InChI=1S/C13H12N4S2/c1-2-7-3-4-10(18-7)11-8(5-14)12(16)19-13(17)9(11)6-15/h3-4,8,11,16H,2,17H2,1H3/t8-,11-/m0/s1. The Morgan fingerprint density at radius 2 is 2.16 bits per heavy atom. The average Bonchev–Trinajstić information content (AvgIpc) is 2.86. The average molecular weight is 288 g/mol. The number of nitrogens with two attached hydrogens (primary N) is 1. The number of nitrogens with zero attached hydrogens (tertiary/aromatic N) is 2. The summed E-state index contributed by atoms with van der Waals surface area (Å²) in [6, 6.07) is 8.18. The van der Waals surface area contributed by atoms with Crippen LogP contribution in [0.15, 0.2) is 22.7 Å². The van der Waals surface area contributed by atoms with Crippen LogP contribution in [0.1, 0.15) is 22.6 Å². The fraction of sp³-hybridized carbons (Fsp3) is 0.308. The fourth-order valence-corrected chi connectivity index (χ4v) is 3.96. The molecule has 6 heteroatoms. The van der Waals surface area contributed by atoms with Crippen LogP contribution >= 0.6 is 23.1 Å². The van der Waals surface area contributed by atoms with E-state index in [1.807, 2.05) is 12.1 Å². The highest BCUT2D eigenvalue weighted by atomic mass is 32.2. The van der Waals surface area contributed by atoms with Gasteiger partial charge in [0.25, 0.3) is 0 Å². The maximum atomic E-state index is 9.28. The fourth-order valence-electron chi connectivity index (χ4n) is 2.02.